The van der Waals surface area contributed by atoms with E-state index in [4.69, 9.17) is 19.2 Å². The molecular weight excluding hydrogens is 370 g/mol. The van der Waals surface area contributed by atoms with Gasteiger partial charge in [0.15, 0.2) is 17.5 Å². The summed E-state index contributed by atoms with van der Waals surface area (Å²) in [4.78, 5) is 7.13. The van der Waals surface area contributed by atoms with Gasteiger partial charge in [0, 0.05) is 38.3 Å². The summed E-state index contributed by atoms with van der Waals surface area (Å²) in [7, 11) is 1.92. The zero-order chi connectivity index (χ0) is 20.1. The fraction of sp³-hybridized carbons (Fsp3) is 0.524. The minimum absolute atomic E-state index is 0.000602. The van der Waals surface area contributed by atoms with Crippen molar-refractivity contribution in [1.82, 2.24) is 20.0 Å². The zero-order valence-corrected chi connectivity index (χ0v) is 17.1. The average Bonchev–Trinajstić information content (AvgIpc) is 3.04. The Kier molecular flexibility index (Phi) is 6.19. The van der Waals surface area contributed by atoms with Crippen LogP contribution in [0, 0.1) is 0 Å². The van der Waals surface area contributed by atoms with E-state index >= 15 is 0 Å². The van der Waals surface area contributed by atoms with Crippen LogP contribution in [0.3, 0.4) is 0 Å². The second-order valence-electron chi connectivity index (χ2n) is 7.25. The van der Waals surface area contributed by atoms with Crippen molar-refractivity contribution in [3.05, 3.63) is 41.7 Å². The van der Waals surface area contributed by atoms with Gasteiger partial charge in [0.1, 0.15) is 6.10 Å². The summed E-state index contributed by atoms with van der Waals surface area (Å²) in [6.07, 6.45) is 4.78. The maximum absolute atomic E-state index is 5.96. The Labute approximate surface area is 171 Å². The Morgan fingerprint density at radius 2 is 2.10 bits per heavy atom. The first-order valence-corrected chi connectivity index (χ1v) is 10.2. The molecule has 8 nitrogen and oxygen atoms in total. The lowest BCUT2D eigenvalue weighted by Crippen LogP contribution is -2.48. The van der Waals surface area contributed by atoms with Crippen molar-refractivity contribution in [2.24, 2.45) is 12.0 Å². The molecule has 2 aromatic rings. The Morgan fingerprint density at radius 1 is 1.24 bits per heavy atom. The van der Waals surface area contributed by atoms with Gasteiger partial charge in [-0.2, -0.15) is 5.10 Å². The molecule has 156 valence electrons. The van der Waals surface area contributed by atoms with E-state index < -0.39 is 0 Å². The highest BCUT2D eigenvalue weighted by Gasteiger charge is 2.25. The molecule has 0 aliphatic carbocycles. The number of aromatic nitrogens is 2. The van der Waals surface area contributed by atoms with Crippen LogP contribution in [0.1, 0.15) is 30.6 Å². The van der Waals surface area contributed by atoms with Gasteiger partial charge >= 0.3 is 0 Å². The van der Waals surface area contributed by atoms with Crippen molar-refractivity contribution in [2.45, 2.75) is 26.0 Å². The van der Waals surface area contributed by atoms with Gasteiger partial charge in [0.05, 0.1) is 39.1 Å². The Balaban J connectivity index is 1.46. The van der Waals surface area contributed by atoms with Crippen LogP contribution in [0.5, 0.6) is 11.5 Å². The fourth-order valence-electron chi connectivity index (χ4n) is 3.55. The third-order valence-electron chi connectivity index (χ3n) is 5.02. The van der Waals surface area contributed by atoms with Crippen LogP contribution in [0.15, 0.2) is 35.6 Å². The number of fused-ring (bicyclic) bond motifs is 1. The van der Waals surface area contributed by atoms with Crippen LogP contribution >= 0.6 is 0 Å². The molecule has 0 amide bonds. The summed E-state index contributed by atoms with van der Waals surface area (Å²) in [6, 6.07) is 6.06. The predicted octanol–water partition coefficient (Wildman–Crippen LogP) is 2.12. The first-order valence-electron chi connectivity index (χ1n) is 10.2. The summed E-state index contributed by atoms with van der Waals surface area (Å²) in [5.41, 5.74) is 2.19. The van der Waals surface area contributed by atoms with Crippen molar-refractivity contribution in [1.29, 1.82) is 0 Å². The van der Waals surface area contributed by atoms with Gasteiger partial charge in [0.25, 0.3) is 0 Å². The van der Waals surface area contributed by atoms with Gasteiger partial charge in [0.2, 0.25) is 0 Å². The molecule has 0 radical (unpaired) electrons. The predicted molar refractivity (Wildman–Crippen MR) is 110 cm³/mol. The van der Waals surface area contributed by atoms with Gasteiger partial charge in [-0.05, 0) is 24.6 Å². The minimum atomic E-state index is -0.000602. The lowest BCUT2D eigenvalue weighted by molar-refractivity contribution is -0.00805. The lowest BCUT2D eigenvalue weighted by atomic mass is 10.1. The molecule has 1 saturated heterocycles. The molecular formula is C21H29N5O3. The molecule has 2 aliphatic heterocycles. The number of guanidine groups is 1. The fourth-order valence-corrected chi connectivity index (χ4v) is 3.55. The summed E-state index contributed by atoms with van der Waals surface area (Å²) in [6.45, 7) is 7.08. The number of nitrogens with one attached hydrogen (secondary N) is 1. The molecule has 0 saturated carbocycles. The number of aryl methyl sites for hydroxylation is 1. The molecule has 2 aliphatic rings. The van der Waals surface area contributed by atoms with Crippen molar-refractivity contribution in [3.8, 4) is 11.5 Å². The first kappa shape index (κ1) is 19.6. The highest BCUT2D eigenvalue weighted by atomic mass is 16.5. The molecule has 29 heavy (non-hydrogen) atoms. The molecule has 4 rings (SSSR count). The maximum Gasteiger partial charge on any atom is 0.194 e. The molecule has 1 aromatic heterocycles. The molecule has 1 aromatic carbocycles. The van der Waals surface area contributed by atoms with Crippen molar-refractivity contribution < 1.29 is 14.2 Å². The minimum Gasteiger partial charge on any atom is -0.490 e. The topological polar surface area (TPSA) is 73.1 Å². The number of morpholine rings is 1. The second-order valence-corrected chi connectivity index (χ2v) is 7.25. The van der Waals surface area contributed by atoms with E-state index in [-0.39, 0.29) is 6.10 Å². The SMILES string of the molecule is CCNC(=NCc1ccc2c(c1)OCCCO2)N1CCOC(c2cnn(C)c2)C1. The summed E-state index contributed by atoms with van der Waals surface area (Å²) in [5.74, 6) is 2.52. The highest BCUT2D eigenvalue weighted by molar-refractivity contribution is 5.80. The molecule has 0 spiro atoms. The first-order chi connectivity index (χ1) is 14.2. The number of hydrogen-bond acceptors (Lipinski definition) is 5. The standard InChI is InChI=1S/C21H29N5O3/c1-3-22-21(26-7-10-29-20(15-26)17-13-24-25(2)14-17)23-12-16-5-6-18-19(11-16)28-9-4-8-27-18/h5-6,11,13-14,20H,3-4,7-10,12,15H2,1-2H3,(H,22,23). The summed E-state index contributed by atoms with van der Waals surface area (Å²) in [5, 5.41) is 7.68. The molecule has 1 fully saturated rings. The molecule has 1 unspecified atom stereocenters. The van der Waals surface area contributed by atoms with Crippen LogP contribution in [-0.4, -0.2) is 60.1 Å². The Morgan fingerprint density at radius 3 is 2.90 bits per heavy atom. The quantitative estimate of drug-likeness (QED) is 0.627. The lowest BCUT2D eigenvalue weighted by Gasteiger charge is -2.34. The van der Waals surface area contributed by atoms with E-state index in [1.54, 1.807) is 4.68 Å². The van der Waals surface area contributed by atoms with Crippen LogP contribution in [0.25, 0.3) is 0 Å². The van der Waals surface area contributed by atoms with Gasteiger partial charge < -0.3 is 24.4 Å². The zero-order valence-electron chi connectivity index (χ0n) is 17.1. The molecule has 3 heterocycles. The number of aliphatic imine (C=N–C) groups is 1. The van der Waals surface area contributed by atoms with Crippen LogP contribution in [0.4, 0.5) is 0 Å². The smallest absolute Gasteiger partial charge is 0.194 e. The van der Waals surface area contributed by atoms with Crippen LogP contribution < -0.4 is 14.8 Å². The average molecular weight is 399 g/mol. The van der Waals surface area contributed by atoms with Gasteiger partial charge in [-0.15, -0.1) is 0 Å². The monoisotopic (exact) mass is 399 g/mol. The normalized spacial score (nSPS) is 19.7. The number of rotatable bonds is 4. The largest absolute Gasteiger partial charge is 0.490 e. The van der Waals surface area contributed by atoms with E-state index in [0.29, 0.717) is 26.4 Å². The van der Waals surface area contributed by atoms with Crippen molar-refractivity contribution >= 4 is 5.96 Å². The molecule has 1 atom stereocenters. The highest BCUT2D eigenvalue weighted by Crippen LogP contribution is 2.30. The number of hydrogen-bond donors (Lipinski definition) is 1. The van der Waals surface area contributed by atoms with Gasteiger partial charge in [-0.25, -0.2) is 4.99 Å². The maximum atomic E-state index is 5.96. The third kappa shape index (κ3) is 4.82. The molecule has 1 N–H and O–H groups in total. The number of benzene rings is 1. The van der Waals surface area contributed by atoms with Crippen molar-refractivity contribution in [2.75, 3.05) is 39.5 Å². The van der Waals surface area contributed by atoms with E-state index in [1.165, 1.54) is 0 Å². The molecule has 0 bridgehead atoms. The van der Waals surface area contributed by atoms with Gasteiger partial charge in [-0.1, -0.05) is 6.07 Å². The van der Waals surface area contributed by atoms with E-state index in [9.17, 15) is 0 Å². The number of ether oxygens (including phenoxy) is 3. The second kappa shape index (κ2) is 9.17. The van der Waals surface area contributed by atoms with E-state index in [0.717, 1.165) is 54.6 Å². The van der Waals surface area contributed by atoms with E-state index in [1.807, 2.05) is 31.6 Å². The van der Waals surface area contributed by atoms with Crippen LogP contribution in [-0.2, 0) is 18.3 Å². The molecule has 8 heteroatoms. The van der Waals surface area contributed by atoms with Gasteiger partial charge in [-0.3, -0.25) is 4.68 Å². The third-order valence-corrected chi connectivity index (χ3v) is 5.02. The van der Waals surface area contributed by atoms with Crippen molar-refractivity contribution in [3.63, 3.8) is 0 Å². The Bertz CT molecular complexity index is 851. The summed E-state index contributed by atoms with van der Waals surface area (Å²) < 4.78 is 19.3. The Hall–Kier alpha value is -2.74. The number of nitrogens with zero attached hydrogens (tertiary/aromatic N) is 4. The van der Waals surface area contributed by atoms with E-state index in [2.05, 4.69) is 28.3 Å². The summed E-state index contributed by atoms with van der Waals surface area (Å²) >= 11 is 0. The van der Waals surface area contributed by atoms with Crippen LogP contribution in [0.2, 0.25) is 0 Å².